The molecule has 7 heteroatoms. The second-order valence-corrected chi connectivity index (χ2v) is 6.33. The minimum Gasteiger partial charge on any atom is -0.342 e. The van der Waals surface area contributed by atoms with E-state index in [2.05, 4.69) is 10.3 Å². The van der Waals surface area contributed by atoms with Crippen LogP contribution in [-0.4, -0.2) is 33.8 Å². The van der Waals surface area contributed by atoms with Crippen LogP contribution in [0.25, 0.3) is 0 Å². The first-order valence-electron chi connectivity index (χ1n) is 6.86. The number of H-pyrrole nitrogens is 1. The Kier molecular flexibility index (Phi) is 3.37. The Labute approximate surface area is 120 Å². The number of aromatic nitrogens is 1. The van der Waals surface area contributed by atoms with Gasteiger partial charge in [-0.2, -0.15) is 0 Å². The smallest absolute Gasteiger partial charge is 0.304 e. The Hall–Kier alpha value is -1.63. The second-order valence-electron chi connectivity index (χ2n) is 5.49. The van der Waals surface area contributed by atoms with Gasteiger partial charge in [-0.15, -0.1) is 0 Å². The minimum atomic E-state index is -0.704. The molecular weight excluding hydrogens is 278 g/mol. The van der Waals surface area contributed by atoms with Crippen molar-refractivity contribution >= 4 is 23.2 Å². The van der Waals surface area contributed by atoms with Crippen molar-refractivity contribution in [3.8, 4) is 0 Å². The van der Waals surface area contributed by atoms with E-state index >= 15 is 0 Å². The molecule has 0 aromatic carbocycles. The van der Waals surface area contributed by atoms with Crippen LogP contribution in [0.15, 0.2) is 10.2 Å². The maximum atomic E-state index is 12.7. The van der Waals surface area contributed by atoms with E-state index in [1.807, 2.05) is 0 Å². The number of amides is 2. The standard InChI is InChI=1S/C13H17N3O3S/c17-10-3-6-16(7-9-8-20-12(19)14-9)11(18)13(15-10)4-1-2-5-13/h8H,1-7H2,(H,14,19)(H,15,17). The molecule has 1 spiro atoms. The summed E-state index contributed by atoms with van der Waals surface area (Å²) in [5.41, 5.74) is 0.0278. The van der Waals surface area contributed by atoms with Gasteiger partial charge in [0.2, 0.25) is 11.8 Å². The van der Waals surface area contributed by atoms with Gasteiger partial charge in [-0.3, -0.25) is 14.4 Å². The Morgan fingerprint density at radius 2 is 2.00 bits per heavy atom. The average molecular weight is 295 g/mol. The quantitative estimate of drug-likeness (QED) is 0.838. The first kappa shape index (κ1) is 13.4. The van der Waals surface area contributed by atoms with Crippen LogP contribution in [0.3, 0.4) is 0 Å². The lowest BCUT2D eigenvalue weighted by Crippen LogP contribution is -2.55. The molecule has 0 radical (unpaired) electrons. The van der Waals surface area contributed by atoms with Gasteiger partial charge in [0.25, 0.3) is 0 Å². The highest BCUT2D eigenvalue weighted by atomic mass is 32.1. The number of hydrogen-bond donors (Lipinski definition) is 2. The van der Waals surface area contributed by atoms with Crippen LogP contribution in [0.2, 0.25) is 0 Å². The summed E-state index contributed by atoms with van der Waals surface area (Å²) in [6, 6.07) is 0. The third-order valence-corrected chi connectivity index (χ3v) is 4.79. The molecule has 0 unspecified atom stereocenters. The summed E-state index contributed by atoms with van der Waals surface area (Å²) in [4.78, 5) is 40.1. The van der Waals surface area contributed by atoms with Crippen molar-refractivity contribution in [3.63, 3.8) is 0 Å². The number of nitrogens with zero attached hydrogens (tertiary/aromatic N) is 1. The number of aromatic amines is 1. The molecule has 20 heavy (non-hydrogen) atoms. The van der Waals surface area contributed by atoms with E-state index in [4.69, 9.17) is 0 Å². The maximum Gasteiger partial charge on any atom is 0.304 e. The normalized spacial score (nSPS) is 22.1. The molecule has 3 rings (SSSR count). The van der Waals surface area contributed by atoms with Gasteiger partial charge in [-0.1, -0.05) is 24.2 Å². The number of nitrogens with one attached hydrogen (secondary N) is 2. The largest absolute Gasteiger partial charge is 0.342 e. The SMILES string of the molecule is O=C1CCN(Cc2csc(=O)[nH]2)C(=O)C2(CCCC2)N1. The first-order chi connectivity index (χ1) is 9.59. The second kappa shape index (κ2) is 5.05. The molecule has 1 aliphatic carbocycles. The average Bonchev–Trinajstić information content (AvgIpc) is 3.01. The predicted octanol–water partition coefficient (Wildman–Crippen LogP) is 0.598. The summed E-state index contributed by atoms with van der Waals surface area (Å²) < 4.78 is 0. The summed E-state index contributed by atoms with van der Waals surface area (Å²) in [6.45, 7) is 0.776. The fraction of sp³-hybridized carbons (Fsp3) is 0.615. The minimum absolute atomic E-state index is 0.00658. The Morgan fingerprint density at radius 1 is 1.25 bits per heavy atom. The van der Waals surface area contributed by atoms with Crippen LogP contribution >= 0.6 is 11.3 Å². The fourth-order valence-corrected chi connectivity index (χ4v) is 3.66. The third kappa shape index (κ3) is 2.37. The van der Waals surface area contributed by atoms with E-state index in [9.17, 15) is 14.4 Å². The Bertz CT molecular complexity index is 586. The molecule has 108 valence electrons. The summed E-state index contributed by atoms with van der Waals surface area (Å²) in [5.74, 6) is -0.0607. The van der Waals surface area contributed by atoms with Gasteiger partial charge in [-0.05, 0) is 12.8 Å². The van der Waals surface area contributed by atoms with Crippen molar-refractivity contribution in [1.29, 1.82) is 0 Å². The van der Waals surface area contributed by atoms with Gasteiger partial charge in [0, 0.05) is 24.0 Å². The first-order valence-corrected chi connectivity index (χ1v) is 7.74. The van der Waals surface area contributed by atoms with Crippen molar-refractivity contribution in [3.05, 3.63) is 20.7 Å². The van der Waals surface area contributed by atoms with Crippen molar-refractivity contribution in [2.45, 2.75) is 44.2 Å². The van der Waals surface area contributed by atoms with Crippen molar-refractivity contribution in [2.75, 3.05) is 6.54 Å². The third-order valence-electron chi connectivity index (χ3n) is 4.07. The summed E-state index contributed by atoms with van der Waals surface area (Å²) in [7, 11) is 0. The van der Waals surface area contributed by atoms with Gasteiger partial charge in [0.1, 0.15) is 5.54 Å². The molecule has 1 saturated carbocycles. The molecule has 0 bridgehead atoms. The van der Waals surface area contributed by atoms with Gasteiger partial charge in [0.15, 0.2) is 0 Å². The molecule has 2 amide bonds. The van der Waals surface area contributed by atoms with Crippen molar-refractivity contribution in [1.82, 2.24) is 15.2 Å². The lowest BCUT2D eigenvalue weighted by molar-refractivity contribution is -0.139. The molecule has 0 atom stereocenters. The molecule has 1 saturated heterocycles. The van der Waals surface area contributed by atoms with Crippen molar-refractivity contribution in [2.24, 2.45) is 0 Å². The fourth-order valence-electron chi connectivity index (χ4n) is 3.09. The summed E-state index contributed by atoms with van der Waals surface area (Å²) in [5, 5.41) is 4.66. The zero-order chi connectivity index (χ0) is 14.2. The molecule has 1 aromatic heterocycles. The highest BCUT2D eigenvalue weighted by Crippen LogP contribution is 2.33. The van der Waals surface area contributed by atoms with Gasteiger partial charge in [0.05, 0.1) is 6.54 Å². The number of hydrogen-bond acceptors (Lipinski definition) is 4. The maximum absolute atomic E-state index is 12.7. The highest BCUT2D eigenvalue weighted by molar-refractivity contribution is 7.07. The van der Waals surface area contributed by atoms with Crippen LogP contribution in [0, 0.1) is 0 Å². The number of thiazole rings is 1. The van der Waals surface area contributed by atoms with E-state index in [1.54, 1.807) is 10.3 Å². The van der Waals surface area contributed by atoms with E-state index in [-0.39, 0.29) is 16.7 Å². The zero-order valence-corrected chi connectivity index (χ0v) is 11.9. The topological polar surface area (TPSA) is 82.3 Å². The van der Waals surface area contributed by atoms with E-state index in [0.29, 0.717) is 32.4 Å². The molecule has 1 aliphatic heterocycles. The summed E-state index contributed by atoms with van der Waals surface area (Å²) in [6.07, 6.45) is 3.69. The molecule has 2 aliphatic rings. The highest BCUT2D eigenvalue weighted by Gasteiger charge is 2.46. The predicted molar refractivity (Wildman–Crippen MR) is 74.3 cm³/mol. The Balaban J connectivity index is 1.84. The monoisotopic (exact) mass is 295 g/mol. The number of rotatable bonds is 2. The van der Waals surface area contributed by atoms with E-state index in [1.165, 1.54) is 0 Å². The molecule has 1 aromatic rings. The van der Waals surface area contributed by atoms with E-state index < -0.39 is 5.54 Å². The van der Waals surface area contributed by atoms with Gasteiger partial charge in [-0.25, -0.2) is 0 Å². The number of carbonyl (C=O) groups excluding carboxylic acids is 2. The van der Waals surface area contributed by atoms with Crippen LogP contribution in [0.1, 0.15) is 37.8 Å². The van der Waals surface area contributed by atoms with Crippen LogP contribution in [0.5, 0.6) is 0 Å². The van der Waals surface area contributed by atoms with Crippen LogP contribution in [-0.2, 0) is 16.1 Å². The molecule has 2 heterocycles. The lowest BCUT2D eigenvalue weighted by atomic mass is 9.96. The van der Waals surface area contributed by atoms with Crippen molar-refractivity contribution < 1.29 is 9.59 Å². The number of carbonyl (C=O) groups is 2. The molecular formula is C13H17N3O3S. The van der Waals surface area contributed by atoms with Crippen LogP contribution < -0.4 is 10.2 Å². The van der Waals surface area contributed by atoms with Gasteiger partial charge >= 0.3 is 4.87 Å². The zero-order valence-electron chi connectivity index (χ0n) is 11.1. The molecule has 6 nitrogen and oxygen atoms in total. The van der Waals surface area contributed by atoms with E-state index in [0.717, 1.165) is 29.9 Å². The molecule has 2 N–H and O–H groups in total. The summed E-state index contributed by atoms with van der Waals surface area (Å²) >= 11 is 1.09. The van der Waals surface area contributed by atoms with Crippen LogP contribution in [0.4, 0.5) is 0 Å². The lowest BCUT2D eigenvalue weighted by Gasteiger charge is -2.31. The molecule has 2 fully saturated rings. The van der Waals surface area contributed by atoms with Gasteiger partial charge < -0.3 is 15.2 Å². The Morgan fingerprint density at radius 3 is 2.65 bits per heavy atom.